The average Bonchev–Trinajstić information content (AvgIpc) is 3.90. The Labute approximate surface area is 326 Å². The van der Waals surface area contributed by atoms with Crippen LogP contribution in [-0.2, 0) is 0 Å². The van der Waals surface area contributed by atoms with Crippen molar-refractivity contribution in [2.45, 2.75) is 0 Å². The molecule has 0 amide bonds. The molecule has 0 aliphatic heterocycles. The second-order valence-electron chi connectivity index (χ2n) is 15.0. The number of hydrogen-bond donors (Lipinski definition) is 0. The van der Waals surface area contributed by atoms with Crippen LogP contribution in [0.2, 0.25) is 0 Å². The highest BCUT2D eigenvalue weighted by atomic mass is 16.3. The van der Waals surface area contributed by atoms with Crippen LogP contribution in [0.1, 0.15) is 0 Å². The lowest BCUT2D eigenvalue weighted by atomic mass is 9.60. The van der Waals surface area contributed by atoms with Crippen LogP contribution in [0, 0.1) is 0 Å². The Morgan fingerprint density at radius 1 is 0.375 bits per heavy atom. The summed E-state index contributed by atoms with van der Waals surface area (Å²) in [7, 11) is 10.9. The van der Waals surface area contributed by atoms with E-state index in [4.69, 9.17) is 23.8 Å². The molecule has 4 heterocycles. The summed E-state index contributed by atoms with van der Waals surface area (Å²) in [5.41, 5.74) is 15.6. The van der Waals surface area contributed by atoms with Crippen molar-refractivity contribution >= 4 is 132 Å². The molecule has 0 atom stereocenters. The van der Waals surface area contributed by atoms with E-state index in [9.17, 15) is 0 Å². The number of nitrogens with zero attached hydrogens (tertiary/aromatic N) is 4. The molecule has 258 valence electrons. The third-order valence-corrected chi connectivity index (χ3v) is 12.0. The van der Waals surface area contributed by atoms with E-state index in [1.165, 1.54) is 38.1 Å². The van der Waals surface area contributed by atoms with Gasteiger partial charge in [0.1, 0.15) is 61.6 Å². The molecule has 0 saturated heterocycles. The van der Waals surface area contributed by atoms with Crippen LogP contribution in [0.25, 0.3) is 106 Å². The summed E-state index contributed by atoms with van der Waals surface area (Å²) in [5.74, 6) is 1.86. The number of rotatable bonds is 4. The van der Waals surface area contributed by atoms with Gasteiger partial charge >= 0.3 is 0 Å². The van der Waals surface area contributed by atoms with E-state index in [1.807, 2.05) is 30.3 Å². The van der Waals surface area contributed by atoms with Gasteiger partial charge < -0.3 is 13.4 Å². The van der Waals surface area contributed by atoms with Gasteiger partial charge in [-0.1, -0.05) is 83.7 Å². The highest BCUT2D eigenvalue weighted by Gasteiger charge is 2.21. The molecule has 11 rings (SSSR count). The van der Waals surface area contributed by atoms with Crippen molar-refractivity contribution in [3.8, 4) is 39.9 Å². The smallest absolute Gasteiger partial charge is 0.164 e. The predicted molar refractivity (Wildman–Crippen MR) is 246 cm³/mol. The molecule has 0 bridgehead atoms. The zero-order valence-corrected chi connectivity index (χ0v) is 31.7. The minimum atomic E-state index is 0.594. The maximum atomic E-state index is 6.39. The molecule has 6 nitrogen and oxygen atoms in total. The monoisotopic (exact) mass is 714 g/mol. The standard InChI is InChI=1S/C45H31B5N4O2/c46-38-37(39(47)41(49)42(50)40(38)48)45-52-43(51-44(53-45)23-16-17-28-26-11-2-5-14-33(26)55-35(28)19-23)22-8-7-9-24(18-22)54-31-13-4-1-10-25(31)29-20-30-27-12-3-6-15-34(27)56-36(30)21-32(29)54/h1-21H,46-50H2. The minimum Gasteiger partial charge on any atom is -0.456 e. The van der Waals surface area contributed by atoms with Gasteiger partial charge in [-0.05, 0) is 48.5 Å². The van der Waals surface area contributed by atoms with Crippen LogP contribution in [0.4, 0.5) is 0 Å². The minimum absolute atomic E-state index is 0.594. The van der Waals surface area contributed by atoms with Crippen LogP contribution < -0.4 is 27.3 Å². The van der Waals surface area contributed by atoms with E-state index < -0.39 is 0 Å². The van der Waals surface area contributed by atoms with Gasteiger partial charge in [0.15, 0.2) is 17.5 Å². The van der Waals surface area contributed by atoms with Gasteiger partial charge in [0, 0.05) is 60.8 Å². The summed E-state index contributed by atoms with van der Waals surface area (Å²) in [5, 5.41) is 6.74. The summed E-state index contributed by atoms with van der Waals surface area (Å²) in [6.07, 6.45) is 0. The van der Waals surface area contributed by atoms with Crippen molar-refractivity contribution in [1.82, 2.24) is 19.5 Å². The van der Waals surface area contributed by atoms with Crippen molar-refractivity contribution < 1.29 is 8.83 Å². The van der Waals surface area contributed by atoms with Gasteiger partial charge in [-0.25, -0.2) is 15.0 Å². The first-order chi connectivity index (χ1) is 27.3. The molecule has 0 saturated carbocycles. The molecule has 0 spiro atoms. The molecule has 0 unspecified atom stereocenters. The molecule has 0 radical (unpaired) electrons. The lowest BCUT2D eigenvalue weighted by Crippen LogP contribution is -2.55. The SMILES string of the molecule is Bc1c(B)c(B)c(-c2nc(-c3cccc(-n4c5ccccc5c5cc6c(cc54)oc4ccccc46)c3)nc(-c3ccc4c(c3)oc3ccccc34)n2)c(B)c1B. The molecule has 0 aliphatic carbocycles. The number of hydrogen-bond acceptors (Lipinski definition) is 5. The van der Waals surface area contributed by atoms with Crippen LogP contribution in [-0.4, -0.2) is 58.8 Å². The van der Waals surface area contributed by atoms with Gasteiger partial charge in [0.2, 0.25) is 0 Å². The summed E-state index contributed by atoms with van der Waals surface area (Å²) >= 11 is 0. The third kappa shape index (κ3) is 4.80. The van der Waals surface area contributed by atoms with Gasteiger partial charge in [-0.15, -0.1) is 16.4 Å². The highest BCUT2D eigenvalue weighted by Crippen LogP contribution is 2.39. The van der Waals surface area contributed by atoms with E-state index in [2.05, 4.69) is 141 Å². The summed E-state index contributed by atoms with van der Waals surface area (Å²) in [4.78, 5) is 15.7. The molecule has 0 fully saturated rings. The molecule has 7 aromatic carbocycles. The van der Waals surface area contributed by atoms with Gasteiger partial charge in [0.25, 0.3) is 0 Å². The van der Waals surface area contributed by atoms with E-state index in [1.54, 1.807) is 0 Å². The Hall–Kier alpha value is -6.73. The number of aromatic nitrogens is 4. The topological polar surface area (TPSA) is 69.9 Å². The molecule has 11 heteroatoms. The predicted octanol–water partition coefficient (Wildman–Crippen LogP) is 3.06. The fraction of sp³-hybridized carbons (Fsp3) is 0. The Morgan fingerprint density at radius 2 is 0.929 bits per heavy atom. The van der Waals surface area contributed by atoms with Crippen LogP contribution in [0.5, 0.6) is 0 Å². The van der Waals surface area contributed by atoms with E-state index >= 15 is 0 Å². The fourth-order valence-corrected chi connectivity index (χ4v) is 8.70. The van der Waals surface area contributed by atoms with Crippen molar-refractivity contribution in [3.05, 3.63) is 127 Å². The fourth-order valence-electron chi connectivity index (χ4n) is 8.70. The molecule has 11 aromatic rings. The lowest BCUT2D eigenvalue weighted by Gasteiger charge is -2.20. The highest BCUT2D eigenvalue weighted by molar-refractivity contribution is 6.68. The molecular formula is C45H31B5N4O2. The summed E-state index contributed by atoms with van der Waals surface area (Å²) in [6, 6.07) is 44.2. The van der Waals surface area contributed by atoms with E-state index in [0.29, 0.717) is 17.5 Å². The van der Waals surface area contributed by atoms with Gasteiger partial charge in [-0.2, -0.15) is 0 Å². The Bertz CT molecular complexity index is 3430. The van der Waals surface area contributed by atoms with Crippen molar-refractivity contribution in [1.29, 1.82) is 0 Å². The van der Waals surface area contributed by atoms with E-state index in [0.717, 1.165) is 77.3 Å². The average molecular weight is 714 g/mol. The van der Waals surface area contributed by atoms with Gasteiger partial charge in [-0.3, -0.25) is 0 Å². The lowest BCUT2D eigenvalue weighted by molar-refractivity contribution is 0.668. The van der Waals surface area contributed by atoms with Crippen molar-refractivity contribution in [2.75, 3.05) is 0 Å². The van der Waals surface area contributed by atoms with Crippen LogP contribution >= 0.6 is 0 Å². The zero-order valence-electron chi connectivity index (χ0n) is 31.7. The maximum Gasteiger partial charge on any atom is 0.164 e. The summed E-state index contributed by atoms with van der Waals surface area (Å²) < 4.78 is 15.0. The second-order valence-corrected chi connectivity index (χ2v) is 15.0. The first kappa shape index (κ1) is 32.7. The molecular weight excluding hydrogens is 683 g/mol. The zero-order chi connectivity index (χ0) is 37.8. The first-order valence-corrected chi connectivity index (χ1v) is 19.0. The van der Waals surface area contributed by atoms with Crippen LogP contribution in [0.3, 0.4) is 0 Å². The Morgan fingerprint density at radius 3 is 1.64 bits per heavy atom. The molecule has 0 aliphatic rings. The van der Waals surface area contributed by atoms with Crippen molar-refractivity contribution in [2.24, 2.45) is 0 Å². The Balaban J connectivity index is 1.14. The van der Waals surface area contributed by atoms with Crippen molar-refractivity contribution in [3.63, 3.8) is 0 Å². The molecule has 56 heavy (non-hydrogen) atoms. The van der Waals surface area contributed by atoms with Gasteiger partial charge in [0.05, 0.1) is 11.0 Å². The number of benzene rings is 7. The third-order valence-electron chi connectivity index (χ3n) is 12.0. The normalized spacial score (nSPS) is 11.9. The van der Waals surface area contributed by atoms with Crippen LogP contribution in [0.15, 0.2) is 136 Å². The molecule has 4 aromatic heterocycles. The van der Waals surface area contributed by atoms with E-state index in [-0.39, 0.29) is 0 Å². The quantitative estimate of drug-likeness (QED) is 0.263. The molecule has 0 N–H and O–H groups in total. The maximum absolute atomic E-state index is 6.39. The number of para-hydroxylation sites is 3. The largest absolute Gasteiger partial charge is 0.456 e. The number of furan rings is 2. The second kappa shape index (κ2) is 12.1. The Kier molecular flexibility index (Phi) is 7.08. The summed E-state index contributed by atoms with van der Waals surface area (Å²) in [6.45, 7) is 0. The first-order valence-electron chi connectivity index (χ1n) is 19.0. The number of fused-ring (bicyclic) bond motifs is 9.